The van der Waals surface area contributed by atoms with Gasteiger partial charge in [0, 0.05) is 32.8 Å². The van der Waals surface area contributed by atoms with E-state index in [4.69, 9.17) is 0 Å². The van der Waals surface area contributed by atoms with Gasteiger partial charge in [0.05, 0.1) is 0 Å². The Morgan fingerprint density at radius 1 is 1.38 bits per heavy atom. The number of hydrogen-bond acceptors (Lipinski definition) is 4. The monoisotopic (exact) mass is 358 g/mol. The Kier molecular flexibility index (Phi) is 4.80. The van der Waals surface area contributed by atoms with Gasteiger partial charge in [-0.05, 0) is 56.3 Å². The molecule has 3 heterocycles. The van der Waals surface area contributed by atoms with E-state index >= 15 is 0 Å². The fourth-order valence-corrected chi connectivity index (χ4v) is 4.43. The standard InChI is InChI=1S/C19H26N4O3/c1-13-15(8-16(10-20)21(13)3)11-22-6-4-19(5-7-22)9-17(18(25)26)23(12-19)14(2)24/h8,17H,4-7,9,11-12H2,1-3H3,(H,25,26)/t17-/m0/s1. The first-order valence-corrected chi connectivity index (χ1v) is 9.04. The number of carboxylic acids is 1. The number of carbonyl (C=O) groups is 2. The summed E-state index contributed by atoms with van der Waals surface area (Å²) in [6.07, 6.45) is 2.35. The van der Waals surface area contributed by atoms with Crippen molar-refractivity contribution < 1.29 is 14.7 Å². The van der Waals surface area contributed by atoms with Crippen molar-refractivity contribution in [2.75, 3.05) is 19.6 Å². The van der Waals surface area contributed by atoms with Gasteiger partial charge in [0.25, 0.3) is 0 Å². The summed E-state index contributed by atoms with van der Waals surface area (Å²) < 4.78 is 1.92. The summed E-state index contributed by atoms with van der Waals surface area (Å²) >= 11 is 0. The summed E-state index contributed by atoms with van der Waals surface area (Å²) in [5, 5.41) is 18.6. The molecular weight excluding hydrogens is 332 g/mol. The van der Waals surface area contributed by atoms with Crippen molar-refractivity contribution in [3.05, 3.63) is 23.0 Å². The Morgan fingerprint density at radius 3 is 2.50 bits per heavy atom. The molecule has 0 bridgehead atoms. The quantitative estimate of drug-likeness (QED) is 0.884. The van der Waals surface area contributed by atoms with Gasteiger partial charge < -0.3 is 14.6 Å². The van der Waals surface area contributed by atoms with Gasteiger partial charge in [-0.15, -0.1) is 0 Å². The zero-order valence-corrected chi connectivity index (χ0v) is 15.7. The minimum Gasteiger partial charge on any atom is -0.480 e. The number of likely N-dealkylation sites (tertiary alicyclic amines) is 2. The molecule has 0 aliphatic carbocycles. The molecule has 2 aliphatic heterocycles. The highest BCUT2D eigenvalue weighted by Gasteiger charge is 2.49. The van der Waals surface area contributed by atoms with Crippen molar-refractivity contribution in [1.82, 2.24) is 14.4 Å². The van der Waals surface area contributed by atoms with Crippen molar-refractivity contribution in [3.8, 4) is 6.07 Å². The third-order valence-electron chi connectivity index (χ3n) is 6.26. The van der Waals surface area contributed by atoms with E-state index in [0.717, 1.165) is 38.2 Å². The van der Waals surface area contributed by atoms with Gasteiger partial charge in [-0.2, -0.15) is 5.26 Å². The Hall–Kier alpha value is -2.33. The smallest absolute Gasteiger partial charge is 0.326 e. The fourth-order valence-electron chi connectivity index (χ4n) is 4.43. The van der Waals surface area contributed by atoms with Crippen molar-refractivity contribution >= 4 is 11.9 Å². The SMILES string of the molecule is CC(=O)N1CC2(CCN(Cc3cc(C#N)n(C)c3C)CC2)C[C@H]1C(=O)O. The molecular formula is C19H26N4O3. The first-order chi connectivity index (χ1) is 12.3. The number of aliphatic carboxylic acids is 1. The van der Waals surface area contributed by atoms with Gasteiger partial charge in [-0.1, -0.05) is 0 Å². The molecule has 0 unspecified atom stereocenters. The number of amides is 1. The number of carboxylic acid groups (broad SMARTS) is 1. The molecule has 0 radical (unpaired) electrons. The lowest BCUT2D eigenvalue weighted by Gasteiger charge is -2.39. The van der Waals surface area contributed by atoms with Crippen LogP contribution < -0.4 is 0 Å². The molecule has 1 atom stereocenters. The molecule has 1 spiro atoms. The van der Waals surface area contributed by atoms with Crippen LogP contribution in [0.15, 0.2) is 6.07 Å². The average molecular weight is 358 g/mol. The minimum absolute atomic E-state index is 0.0746. The molecule has 26 heavy (non-hydrogen) atoms. The van der Waals surface area contributed by atoms with Crippen molar-refractivity contribution in [2.24, 2.45) is 12.5 Å². The first kappa shape index (κ1) is 18.5. The summed E-state index contributed by atoms with van der Waals surface area (Å²) in [5.41, 5.74) is 2.87. The molecule has 7 nitrogen and oxygen atoms in total. The number of aromatic nitrogens is 1. The molecule has 2 fully saturated rings. The summed E-state index contributed by atoms with van der Waals surface area (Å²) in [7, 11) is 1.91. The third-order valence-corrected chi connectivity index (χ3v) is 6.26. The third kappa shape index (κ3) is 3.21. The molecule has 1 N–H and O–H groups in total. The second-order valence-corrected chi connectivity index (χ2v) is 7.79. The van der Waals surface area contributed by atoms with Gasteiger partial charge in [-0.25, -0.2) is 4.79 Å². The topological polar surface area (TPSA) is 89.6 Å². The molecule has 0 aromatic carbocycles. The molecule has 1 amide bonds. The lowest BCUT2D eigenvalue weighted by atomic mass is 9.76. The van der Waals surface area contributed by atoms with Crippen LogP contribution in [-0.4, -0.2) is 57.0 Å². The van der Waals surface area contributed by atoms with E-state index < -0.39 is 12.0 Å². The van der Waals surface area contributed by atoms with E-state index in [-0.39, 0.29) is 11.3 Å². The van der Waals surface area contributed by atoms with Crippen LogP contribution in [-0.2, 0) is 23.2 Å². The summed E-state index contributed by atoms with van der Waals surface area (Å²) in [6, 6.07) is 3.48. The number of piperidine rings is 1. The van der Waals surface area contributed by atoms with E-state index in [1.807, 2.05) is 24.6 Å². The van der Waals surface area contributed by atoms with E-state index in [9.17, 15) is 20.0 Å². The number of nitriles is 1. The van der Waals surface area contributed by atoms with Crippen LogP contribution >= 0.6 is 0 Å². The number of hydrogen-bond donors (Lipinski definition) is 1. The second kappa shape index (κ2) is 6.76. The number of carbonyl (C=O) groups excluding carboxylic acids is 1. The van der Waals surface area contributed by atoms with Crippen LogP contribution in [0, 0.1) is 23.7 Å². The van der Waals surface area contributed by atoms with Crippen molar-refractivity contribution in [3.63, 3.8) is 0 Å². The number of nitrogens with zero attached hydrogens (tertiary/aromatic N) is 4. The van der Waals surface area contributed by atoms with Crippen LogP contribution in [0.3, 0.4) is 0 Å². The largest absolute Gasteiger partial charge is 0.480 e. The Bertz CT molecular complexity index is 744. The first-order valence-electron chi connectivity index (χ1n) is 9.04. The summed E-state index contributed by atoms with van der Waals surface area (Å²) in [5.74, 6) is -1.05. The normalized spacial score (nSPS) is 22.5. The van der Waals surface area contributed by atoms with E-state index in [1.165, 1.54) is 17.4 Å². The van der Waals surface area contributed by atoms with E-state index in [0.29, 0.717) is 18.7 Å². The van der Waals surface area contributed by atoms with Crippen LogP contribution in [0.1, 0.15) is 43.1 Å². The van der Waals surface area contributed by atoms with E-state index in [1.54, 1.807) is 0 Å². The highest BCUT2D eigenvalue weighted by Crippen LogP contribution is 2.43. The van der Waals surface area contributed by atoms with Crippen LogP contribution in [0.4, 0.5) is 0 Å². The van der Waals surface area contributed by atoms with Crippen molar-refractivity contribution in [2.45, 2.75) is 45.7 Å². The molecule has 2 saturated heterocycles. The molecule has 3 rings (SSSR count). The predicted molar refractivity (Wildman–Crippen MR) is 95.2 cm³/mol. The van der Waals surface area contributed by atoms with Crippen LogP contribution in [0.25, 0.3) is 0 Å². The maximum atomic E-state index is 11.8. The molecule has 1 aromatic heterocycles. The van der Waals surface area contributed by atoms with E-state index in [2.05, 4.69) is 11.0 Å². The zero-order chi connectivity index (χ0) is 19.1. The Labute approximate surface area is 153 Å². The molecule has 0 saturated carbocycles. The van der Waals surface area contributed by atoms with Gasteiger partial charge in [0.1, 0.15) is 17.8 Å². The lowest BCUT2D eigenvalue weighted by molar-refractivity contribution is -0.147. The van der Waals surface area contributed by atoms with Crippen LogP contribution in [0.2, 0.25) is 0 Å². The van der Waals surface area contributed by atoms with Gasteiger partial charge in [-0.3, -0.25) is 9.69 Å². The Balaban J connectivity index is 1.65. The van der Waals surface area contributed by atoms with Crippen LogP contribution in [0.5, 0.6) is 0 Å². The average Bonchev–Trinajstić information content (AvgIpc) is 3.11. The van der Waals surface area contributed by atoms with Gasteiger partial charge >= 0.3 is 5.97 Å². The molecule has 140 valence electrons. The van der Waals surface area contributed by atoms with Gasteiger partial charge in [0.15, 0.2) is 0 Å². The highest BCUT2D eigenvalue weighted by molar-refractivity contribution is 5.83. The fraction of sp³-hybridized carbons (Fsp3) is 0.632. The lowest BCUT2D eigenvalue weighted by Crippen LogP contribution is -2.42. The second-order valence-electron chi connectivity index (χ2n) is 7.79. The summed E-state index contributed by atoms with van der Waals surface area (Å²) in [4.78, 5) is 27.2. The van der Waals surface area contributed by atoms with Gasteiger partial charge in [0.2, 0.25) is 5.91 Å². The maximum Gasteiger partial charge on any atom is 0.326 e. The predicted octanol–water partition coefficient (Wildman–Crippen LogP) is 1.49. The maximum absolute atomic E-state index is 11.8. The Morgan fingerprint density at radius 2 is 2.04 bits per heavy atom. The minimum atomic E-state index is -0.900. The zero-order valence-electron chi connectivity index (χ0n) is 15.7. The molecule has 2 aliphatic rings. The number of rotatable bonds is 3. The molecule has 1 aromatic rings. The summed E-state index contributed by atoms with van der Waals surface area (Å²) in [6.45, 7) is 6.60. The molecule has 7 heteroatoms. The highest BCUT2D eigenvalue weighted by atomic mass is 16.4. The van der Waals surface area contributed by atoms with Crippen molar-refractivity contribution in [1.29, 1.82) is 5.26 Å².